The van der Waals surface area contributed by atoms with Gasteiger partial charge in [0.2, 0.25) is 0 Å². The molecule has 0 spiro atoms. The highest BCUT2D eigenvalue weighted by Crippen LogP contribution is 2.31. The number of piperidine rings is 1. The monoisotopic (exact) mass is 211 g/mol. The third kappa shape index (κ3) is 2.73. The fraction of sp³-hybridized carbons (Fsp3) is 1.00. The van der Waals surface area contributed by atoms with Crippen molar-refractivity contribution in [3.63, 3.8) is 0 Å². The van der Waals surface area contributed by atoms with Gasteiger partial charge < -0.3 is 5.11 Å². The summed E-state index contributed by atoms with van der Waals surface area (Å²) in [7, 11) is 0. The molecular formula is C13H25NO. The number of rotatable bonds is 2. The molecule has 1 heterocycles. The van der Waals surface area contributed by atoms with E-state index in [1.807, 2.05) is 0 Å². The lowest BCUT2D eigenvalue weighted by molar-refractivity contribution is -0.00509. The Morgan fingerprint density at radius 3 is 2.53 bits per heavy atom. The maximum Gasteiger partial charge on any atom is 0.0695 e. The van der Waals surface area contributed by atoms with Gasteiger partial charge in [0.15, 0.2) is 0 Å². The SMILES string of the molecule is CCC1CCC(O)C(N2CCCCC2)C1. The van der Waals surface area contributed by atoms with Gasteiger partial charge in [0, 0.05) is 6.04 Å². The fourth-order valence-corrected chi connectivity index (χ4v) is 3.23. The number of hydrogen-bond donors (Lipinski definition) is 1. The average molecular weight is 211 g/mol. The molecule has 2 nitrogen and oxygen atoms in total. The smallest absolute Gasteiger partial charge is 0.0695 e. The predicted molar refractivity (Wildman–Crippen MR) is 62.9 cm³/mol. The first-order valence-corrected chi connectivity index (χ1v) is 6.73. The van der Waals surface area contributed by atoms with Gasteiger partial charge in [0.05, 0.1) is 6.10 Å². The van der Waals surface area contributed by atoms with Crippen LogP contribution in [0.5, 0.6) is 0 Å². The van der Waals surface area contributed by atoms with Crippen LogP contribution in [-0.4, -0.2) is 35.2 Å². The topological polar surface area (TPSA) is 23.5 Å². The maximum atomic E-state index is 10.1. The van der Waals surface area contributed by atoms with Crippen LogP contribution in [0.1, 0.15) is 51.9 Å². The summed E-state index contributed by atoms with van der Waals surface area (Å²) in [6.07, 6.45) is 8.79. The summed E-state index contributed by atoms with van der Waals surface area (Å²) in [6.45, 7) is 4.73. The summed E-state index contributed by atoms with van der Waals surface area (Å²) < 4.78 is 0. The molecule has 3 unspecified atom stereocenters. The molecule has 0 amide bonds. The first-order chi connectivity index (χ1) is 7.31. The van der Waals surface area contributed by atoms with E-state index in [1.165, 1.54) is 51.6 Å². The molecule has 0 aromatic rings. The molecular weight excluding hydrogens is 186 g/mol. The van der Waals surface area contributed by atoms with E-state index in [0.717, 1.165) is 12.3 Å². The molecule has 0 aromatic heterocycles. The summed E-state index contributed by atoms with van der Waals surface area (Å²) in [5.74, 6) is 0.861. The summed E-state index contributed by atoms with van der Waals surface area (Å²) in [5.41, 5.74) is 0. The third-order valence-corrected chi connectivity index (χ3v) is 4.33. The Bertz CT molecular complexity index is 189. The molecule has 0 radical (unpaired) electrons. The van der Waals surface area contributed by atoms with Crippen LogP contribution < -0.4 is 0 Å². The van der Waals surface area contributed by atoms with Gasteiger partial charge in [0.25, 0.3) is 0 Å². The van der Waals surface area contributed by atoms with E-state index in [-0.39, 0.29) is 6.10 Å². The van der Waals surface area contributed by atoms with E-state index in [4.69, 9.17) is 0 Å². The second-order valence-corrected chi connectivity index (χ2v) is 5.32. The van der Waals surface area contributed by atoms with Crippen molar-refractivity contribution in [3.8, 4) is 0 Å². The molecule has 15 heavy (non-hydrogen) atoms. The van der Waals surface area contributed by atoms with Gasteiger partial charge in [-0.1, -0.05) is 19.8 Å². The van der Waals surface area contributed by atoms with Crippen molar-refractivity contribution in [2.75, 3.05) is 13.1 Å². The summed E-state index contributed by atoms with van der Waals surface area (Å²) >= 11 is 0. The number of aliphatic hydroxyl groups excluding tert-OH is 1. The van der Waals surface area contributed by atoms with Gasteiger partial charge in [-0.05, 0) is 51.1 Å². The first kappa shape index (κ1) is 11.4. The van der Waals surface area contributed by atoms with E-state index in [9.17, 15) is 5.11 Å². The summed E-state index contributed by atoms with van der Waals surface area (Å²) in [6, 6.07) is 0.476. The molecule has 1 aliphatic carbocycles. The highest BCUT2D eigenvalue weighted by molar-refractivity contribution is 4.87. The Balaban J connectivity index is 1.92. The summed E-state index contributed by atoms with van der Waals surface area (Å²) in [4.78, 5) is 2.55. The number of nitrogens with zero attached hydrogens (tertiary/aromatic N) is 1. The quantitative estimate of drug-likeness (QED) is 0.758. The molecule has 1 aliphatic heterocycles. The Labute approximate surface area is 93.7 Å². The number of aliphatic hydroxyl groups is 1. The second-order valence-electron chi connectivity index (χ2n) is 5.32. The first-order valence-electron chi connectivity index (χ1n) is 6.73. The molecule has 2 heteroatoms. The van der Waals surface area contributed by atoms with E-state index < -0.39 is 0 Å². The van der Waals surface area contributed by atoms with Crippen molar-refractivity contribution < 1.29 is 5.11 Å². The van der Waals surface area contributed by atoms with Crippen molar-refractivity contribution >= 4 is 0 Å². The fourth-order valence-electron chi connectivity index (χ4n) is 3.23. The molecule has 0 bridgehead atoms. The van der Waals surface area contributed by atoms with Crippen molar-refractivity contribution in [3.05, 3.63) is 0 Å². The standard InChI is InChI=1S/C13H25NO/c1-2-11-6-7-13(15)12(10-11)14-8-4-3-5-9-14/h11-13,15H,2-10H2,1H3. The van der Waals surface area contributed by atoms with E-state index >= 15 is 0 Å². The lowest BCUT2D eigenvalue weighted by atomic mass is 9.81. The van der Waals surface area contributed by atoms with Gasteiger partial charge in [0.1, 0.15) is 0 Å². The van der Waals surface area contributed by atoms with Crippen LogP contribution in [0.15, 0.2) is 0 Å². The molecule has 1 saturated heterocycles. The minimum Gasteiger partial charge on any atom is -0.391 e. The largest absolute Gasteiger partial charge is 0.391 e. The molecule has 1 N–H and O–H groups in total. The van der Waals surface area contributed by atoms with Crippen LogP contribution in [0.4, 0.5) is 0 Å². The van der Waals surface area contributed by atoms with Gasteiger partial charge in [-0.3, -0.25) is 4.90 Å². The lowest BCUT2D eigenvalue weighted by Gasteiger charge is -2.42. The molecule has 2 rings (SSSR count). The van der Waals surface area contributed by atoms with Crippen molar-refractivity contribution in [2.45, 2.75) is 64.0 Å². The third-order valence-electron chi connectivity index (χ3n) is 4.33. The molecule has 2 aliphatic rings. The van der Waals surface area contributed by atoms with Crippen LogP contribution in [0.25, 0.3) is 0 Å². The van der Waals surface area contributed by atoms with Crippen LogP contribution in [0.2, 0.25) is 0 Å². The molecule has 3 atom stereocenters. The van der Waals surface area contributed by atoms with Crippen molar-refractivity contribution in [1.82, 2.24) is 4.90 Å². The van der Waals surface area contributed by atoms with Crippen LogP contribution in [-0.2, 0) is 0 Å². The van der Waals surface area contributed by atoms with Crippen molar-refractivity contribution in [2.24, 2.45) is 5.92 Å². The molecule has 1 saturated carbocycles. The van der Waals surface area contributed by atoms with Gasteiger partial charge in [-0.15, -0.1) is 0 Å². The zero-order valence-corrected chi connectivity index (χ0v) is 9.99. The van der Waals surface area contributed by atoms with Gasteiger partial charge >= 0.3 is 0 Å². The highest BCUT2D eigenvalue weighted by atomic mass is 16.3. The Morgan fingerprint density at radius 2 is 1.87 bits per heavy atom. The van der Waals surface area contributed by atoms with E-state index in [0.29, 0.717) is 6.04 Å². The molecule has 0 aromatic carbocycles. The van der Waals surface area contributed by atoms with E-state index in [1.54, 1.807) is 0 Å². The normalized spacial score (nSPS) is 39.2. The highest BCUT2D eigenvalue weighted by Gasteiger charge is 2.32. The Kier molecular flexibility index (Phi) is 4.04. The Hall–Kier alpha value is -0.0800. The van der Waals surface area contributed by atoms with E-state index in [2.05, 4.69) is 11.8 Å². The Morgan fingerprint density at radius 1 is 1.13 bits per heavy atom. The number of hydrogen-bond acceptors (Lipinski definition) is 2. The van der Waals surface area contributed by atoms with Crippen LogP contribution in [0.3, 0.4) is 0 Å². The predicted octanol–water partition coefficient (Wildman–Crippen LogP) is 2.41. The molecule has 2 fully saturated rings. The van der Waals surface area contributed by atoms with Crippen LogP contribution in [0, 0.1) is 5.92 Å². The minimum atomic E-state index is -0.0501. The number of likely N-dealkylation sites (tertiary alicyclic amines) is 1. The van der Waals surface area contributed by atoms with Gasteiger partial charge in [-0.25, -0.2) is 0 Å². The van der Waals surface area contributed by atoms with Crippen LogP contribution >= 0.6 is 0 Å². The van der Waals surface area contributed by atoms with Gasteiger partial charge in [-0.2, -0.15) is 0 Å². The lowest BCUT2D eigenvalue weighted by Crippen LogP contribution is -2.49. The molecule has 88 valence electrons. The maximum absolute atomic E-state index is 10.1. The zero-order chi connectivity index (χ0) is 10.7. The zero-order valence-electron chi connectivity index (χ0n) is 9.99. The average Bonchev–Trinajstić information content (AvgIpc) is 2.31. The summed E-state index contributed by atoms with van der Waals surface area (Å²) in [5, 5.41) is 10.1. The van der Waals surface area contributed by atoms with Crippen molar-refractivity contribution in [1.29, 1.82) is 0 Å². The second kappa shape index (κ2) is 5.31. The minimum absolute atomic E-state index is 0.0501.